The molecule has 0 aliphatic heterocycles. The van der Waals surface area contributed by atoms with Gasteiger partial charge in [-0.15, -0.1) is 0 Å². The van der Waals surface area contributed by atoms with Crippen LogP contribution < -0.4 is 10.9 Å². The van der Waals surface area contributed by atoms with Gasteiger partial charge in [-0.05, 0) is 13.8 Å². The number of amides is 2. The Morgan fingerprint density at radius 2 is 2.06 bits per heavy atom. The summed E-state index contributed by atoms with van der Waals surface area (Å²) < 4.78 is 4.55. The van der Waals surface area contributed by atoms with Gasteiger partial charge in [-0.3, -0.25) is 15.2 Å². The van der Waals surface area contributed by atoms with E-state index < -0.39 is 12.0 Å². The smallest absolute Gasteiger partial charge is 0.426 e. The van der Waals surface area contributed by atoms with Crippen molar-refractivity contribution in [2.75, 3.05) is 6.61 Å². The minimum absolute atomic E-state index is 0.113. The Balaban J connectivity index is 2.47. The van der Waals surface area contributed by atoms with Gasteiger partial charge in [0.05, 0.1) is 18.5 Å². The van der Waals surface area contributed by atoms with Crippen molar-refractivity contribution >= 4 is 12.0 Å². The number of aryl methyl sites for hydroxylation is 1. The fourth-order valence-electron chi connectivity index (χ4n) is 0.849. The van der Waals surface area contributed by atoms with Crippen LogP contribution in [0.5, 0.6) is 0 Å². The first-order valence-corrected chi connectivity index (χ1v) is 4.65. The molecular formula is C9H12N4O3. The molecule has 0 atom stereocenters. The Labute approximate surface area is 92.2 Å². The first kappa shape index (κ1) is 11.9. The molecule has 16 heavy (non-hydrogen) atoms. The molecule has 0 aromatic carbocycles. The van der Waals surface area contributed by atoms with E-state index in [9.17, 15) is 9.59 Å². The van der Waals surface area contributed by atoms with Crippen LogP contribution in [0, 0.1) is 6.92 Å². The van der Waals surface area contributed by atoms with Crippen molar-refractivity contribution in [3.05, 3.63) is 23.8 Å². The van der Waals surface area contributed by atoms with Crippen LogP contribution in [-0.4, -0.2) is 28.6 Å². The van der Waals surface area contributed by atoms with Gasteiger partial charge in [0.2, 0.25) is 0 Å². The molecule has 0 aliphatic rings. The number of ether oxygens (including phenoxy) is 1. The summed E-state index contributed by atoms with van der Waals surface area (Å²) >= 11 is 0. The third kappa shape index (κ3) is 3.52. The summed E-state index contributed by atoms with van der Waals surface area (Å²) in [7, 11) is 0. The van der Waals surface area contributed by atoms with Crippen molar-refractivity contribution in [3.8, 4) is 0 Å². The van der Waals surface area contributed by atoms with E-state index in [-0.39, 0.29) is 12.3 Å². The maximum Gasteiger partial charge on any atom is 0.426 e. The van der Waals surface area contributed by atoms with E-state index in [1.807, 2.05) is 0 Å². The number of carbonyl (C=O) groups is 2. The largest absolute Gasteiger partial charge is 0.449 e. The molecule has 1 rings (SSSR count). The third-order valence-electron chi connectivity index (χ3n) is 1.57. The lowest BCUT2D eigenvalue weighted by Crippen LogP contribution is -2.42. The molecule has 2 N–H and O–H groups in total. The van der Waals surface area contributed by atoms with Crippen LogP contribution in [0.15, 0.2) is 12.4 Å². The Morgan fingerprint density at radius 1 is 1.31 bits per heavy atom. The molecule has 1 heterocycles. The quantitative estimate of drug-likeness (QED) is 0.699. The second-order valence-corrected chi connectivity index (χ2v) is 2.84. The average molecular weight is 224 g/mol. The van der Waals surface area contributed by atoms with Gasteiger partial charge in [-0.1, -0.05) is 0 Å². The van der Waals surface area contributed by atoms with Crippen LogP contribution in [-0.2, 0) is 4.74 Å². The predicted octanol–water partition coefficient (Wildman–Crippen LogP) is 0.176. The van der Waals surface area contributed by atoms with Crippen LogP contribution >= 0.6 is 0 Å². The van der Waals surface area contributed by atoms with Gasteiger partial charge < -0.3 is 4.74 Å². The van der Waals surface area contributed by atoms with Crippen molar-refractivity contribution in [2.24, 2.45) is 0 Å². The van der Waals surface area contributed by atoms with Crippen molar-refractivity contribution in [3.63, 3.8) is 0 Å². The highest BCUT2D eigenvalue weighted by molar-refractivity contribution is 5.92. The summed E-state index contributed by atoms with van der Waals surface area (Å²) in [6.07, 6.45) is 2.05. The van der Waals surface area contributed by atoms with Crippen LogP contribution in [0.4, 0.5) is 4.79 Å². The molecule has 0 unspecified atom stereocenters. The zero-order valence-corrected chi connectivity index (χ0v) is 8.98. The lowest BCUT2D eigenvalue weighted by atomic mass is 10.4. The zero-order chi connectivity index (χ0) is 12.0. The summed E-state index contributed by atoms with van der Waals surface area (Å²) in [6, 6.07) is 0. The number of hydrogen-bond acceptors (Lipinski definition) is 5. The molecule has 0 radical (unpaired) electrons. The second kappa shape index (κ2) is 5.64. The third-order valence-corrected chi connectivity index (χ3v) is 1.57. The number of aromatic nitrogens is 2. The standard InChI is InChI=1S/C9H12N4O3/c1-3-16-9(15)13-12-8(14)7-5-10-6(2)4-11-7/h4-5H,3H2,1-2H3,(H,12,14)(H,13,15). The first-order chi connectivity index (χ1) is 7.63. The number of carbonyl (C=O) groups excluding carboxylic acids is 2. The fraction of sp³-hybridized carbons (Fsp3) is 0.333. The minimum atomic E-state index is -0.726. The predicted molar refractivity (Wildman–Crippen MR) is 54.4 cm³/mol. The lowest BCUT2D eigenvalue weighted by molar-refractivity contribution is 0.0907. The van der Waals surface area contributed by atoms with Crippen LogP contribution in [0.25, 0.3) is 0 Å². The number of nitrogens with one attached hydrogen (secondary N) is 2. The molecule has 0 saturated heterocycles. The molecule has 2 amide bonds. The Morgan fingerprint density at radius 3 is 2.62 bits per heavy atom. The van der Waals surface area contributed by atoms with Gasteiger partial charge in [0.15, 0.2) is 0 Å². The van der Waals surface area contributed by atoms with E-state index in [0.717, 1.165) is 0 Å². The molecule has 0 bridgehead atoms. The molecule has 0 saturated carbocycles. The van der Waals surface area contributed by atoms with Gasteiger partial charge in [0, 0.05) is 6.20 Å². The zero-order valence-electron chi connectivity index (χ0n) is 8.98. The number of hydrazine groups is 1. The Bertz CT molecular complexity index is 377. The van der Waals surface area contributed by atoms with E-state index in [4.69, 9.17) is 0 Å². The molecule has 7 heteroatoms. The van der Waals surface area contributed by atoms with E-state index in [1.165, 1.54) is 12.4 Å². The number of nitrogens with zero attached hydrogens (tertiary/aromatic N) is 2. The number of hydrogen-bond donors (Lipinski definition) is 2. The SMILES string of the molecule is CCOC(=O)NNC(=O)c1cnc(C)cn1. The molecule has 7 nitrogen and oxygen atoms in total. The van der Waals surface area contributed by atoms with Crippen LogP contribution in [0.2, 0.25) is 0 Å². The highest BCUT2D eigenvalue weighted by atomic mass is 16.5. The highest BCUT2D eigenvalue weighted by Gasteiger charge is 2.08. The van der Waals surface area contributed by atoms with Gasteiger partial charge in [-0.2, -0.15) is 0 Å². The Kier molecular flexibility index (Phi) is 4.19. The van der Waals surface area contributed by atoms with Gasteiger partial charge in [0.25, 0.3) is 5.91 Å². The topological polar surface area (TPSA) is 93.2 Å². The van der Waals surface area contributed by atoms with Gasteiger partial charge >= 0.3 is 6.09 Å². The fourth-order valence-corrected chi connectivity index (χ4v) is 0.849. The highest BCUT2D eigenvalue weighted by Crippen LogP contribution is 1.92. The second-order valence-electron chi connectivity index (χ2n) is 2.84. The van der Waals surface area contributed by atoms with Crippen molar-refractivity contribution in [1.29, 1.82) is 0 Å². The summed E-state index contributed by atoms with van der Waals surface area (Å²) in [4.78, 5) is 30.0. The van der Waals surface area contributed by atoms with Crippen LogP contribution in [0.1, 0.15) is 23.1 Å². The normalized spacial score (nSPS) is 9.38. The Hall–Kier alpha value is -2.18. The van der Waals surface area contributed by atoms with E-state index in [2.05, 4.69) is 25.6 Å². The van der Waals surface area contributed by atoms with Crippen molar-refractivity contribution in [1.82, 2.24) is 20.8 Å². The first-order valence-electron chi connectivity index (χ1n) is 4.65. The lowest BCUT2D eigenvalue weighted by Gasteiger charge is -2.06. The van der Waals surface area contributed by atoms with E-state index in [0.29, 0.717) is 5.69 Å². The maximum absolute atomic E-state index is 11.4. The average Bonchev–Trinajstić information content (AvgIpc) is 2.27. The van der Waals surface area contributed by atoms with Crippen LogP contribution in [0.3, 0.4) is 0 Å². The molecule has 0 fully saturated rings. The van der Waals surface area contributed by atoms with Crippen molar-refractivity contribution < 1.29 is 14.3 Å². The van der Waals surface area contributed by atoms with Gasteiger partial charge in [0.1, 0.15) is 5.69 Å². The molecule has 1 aromatic heterocycles. The molecule has 0 spiro atoms. The van der Waals surface area contributed by atoms with Gasteiger partial charge in [-0.25, -0.2) is 15.2 Å². The monoisotopic (exact) mass is 224 g/mol. The molecule has 0 aliphatic carbocycles. The molecule has 1 aromatic rings. The summed E-state index contributed by atoms with van der Waals surface area (Å²) in [6.45, 7) is 3.64. The summed E-state index contributed by atoms with van der Waals surface area (Å²) in [5.74, 6) is -0.555. The maximum atomic E-state index is 11.4. The molecular weight excluding hydrogens is 212 g/mol. The van der Waals surface area contributed by atoms with E-state index >= 15 is 0 Å². The summed E-state index contributed by atoms with van der Waals surface area (Å²) in [5, 5.41) is 0. The molecule has 86 valence electrons. The summed E-state index contributed by atoms with van der Waals surface area (Å²) in [5.41, 5.74) is 5.02. The van der Waals surface area contributed by atoms with E-state index in [1.54, 1.807) is 13.8 Å². The number of rotatable bonds is 2. The van der Waals surface area contributed by atoms with Crippen molar-refractivity contribution in [2.45, 2.75) is 13.8 Å². The minimum Gasteiger partial charge on any atom is -0.449 e.